The van der Waals surface area contributed by atoms with Gasteiger partial charge >= 0.3 is 0 Å². The van der Waals surface area contributed by atoms with Gasteiger partial charge in [0.25, 0.3) is 5.56 Å². The number of carbonyl (C=O) groups excluding carboxylic acids is 2. The molecule has 2 atom stereocenters. The van der Waals surface area contributed by atoms with Gasteiger partial charge in [0.1, 0.15) is 11.4 Å². The summed E-state index contributed by atoms with van der Waals surface area (Å²) < 4.78 is 16.7. The van der Waals surface area contributed by atoms with Crippen molar-refractivity contribution in [1.29, 1.82) is 0 Å². The van der Waals surface area contributed by atoms with Gasteiger partial charge in [-0.15, -0.1) is 0 Å². The van der Waals surface area contributed by atoms with Crippen LogP contribution in [0.3, 0.4) is 0 Å². The van der Waals surface area contributed by atoms with Gasteiger partial charge in [0.15, 0.2) is 5.78 Å². The minimum absolute atomic E-state index is 0.0335. The molecule has 0 unspecified atom stereocenters. The molecule has 0 bridgehead atoms. The number of amides is 1. The van der Waals surface area contributed by atoms with Crippen LogP contribution in [-0.4, -0.2) is 37.4 Å². The van der Waals surface area contributed by atoms with Crippen molar-refractivity contribution in [3.05, 3.63) is 61.7 Å². The number of Topliss-reactive ketones (excluding diaryl/α,β-unsaturated/α-hetero) is 1. The van der Waals surface area contributed by atoms with Crippen molar-refractivity contribution in [3.63, 3.8) is 0 Å². The first-order valence-electron chi connectivity index (χ1n) is 14.1. The van der Waals surface area contributed by atoms with E-state index in [0.717, 1.165) is 27.8 Å². The molecule has 0 fully saturated rings. The Bertz CT molecular complexity index is 1660. The molecule has 210 valence electrons. The predicted octanol–water partition coefficient (Wildman–Crippen LogP) is 4.62. The number of aliphatic hydroxyl groups is 1. The predicted molar refractivity (Wildman–Crippen MR) is 154 cm³/mol. The Morgan fingerprint density at radius 3 is 2.73 bits per heavy atom. The highest BCUT2D eigenvalue weighted by molar-refractivity contribution is 7.99. The van der Waals surface area contributed by atoms with Crippen LogP contribution in [0.5, 0.6) is 0 Å². The van der Waals surface area contributed by atoms with Gasteiger partial charge in [-0.05, 0) is 60.6 Å². The summed E-state index contributed by atoms with van der Waals surface area (Å²) >= 11 is 1.74. The molecule has 6 rings (SSSR count). The topological polar surface area (TPSA) is 101 Å². The lowest BCUT2D eigenvalue weighted by atomic mass is 9.77. The van der Waals surface area contributed by atoms with E-state index in [4.69, 9.17) is 4.98 Å². The Hall–Kier alpha value is -3.04. The number of thioether (sulfide) groups is 1. The van der Waals surface area contributed by atoms with E-state index in [9.17, 15) is 19.5 Å². The molecule has 9 heteroatoms. The number of aromatic nitrogens is 2. The van der Waals surface area contributed by atoms with Crippen LogP contribution >= 0.6 is 11.8 Å². The van der Waals surface area contributed by atoms with Crippen molar-refractivity contribution >= 4 is 34.4 Å². The molecule has 40 heavy (non-hydrogen) atoms. The standard InChI is InChI=1S/C31H34FN3O4S/c1-5-31(39)20-12-24-29-19(14-35(24)30(38)18(20)7-9-25(31)36)28-22(33-26(37)10-11-40-15(2)3)8-6-17-16(4)21(32)13-23(34-29)27(17)28/h12-13,15,22,39H,5-11,14H2,1-4H3,(H,33,37)/t22-,31-/m0/s1. The highest BCUT2D eigenvalue weighted by Crippen LogP contribution is 2.46. The summed E-state index contributed by atoms with van der Waals surface area (Å²) in [6.07, 6.45) is 2.22. The summed E-state index contributed by atoms with van der Waals surface area (Å²) in [5.41, 5.74) is 3.66. The van der Waals surface area contributed by atoms with Crippen molar-refractivity contribution in [3.8, 4) is 11.4 Å². The number of fused-ring (bicyclic) bond motifs is 5. The Labute approximate surface area is 236 Å². The molecule has 0 saturated heterocycles. The van der Waals surface area contributed by atoms with Crippen molar-refractivity contribution < 1.29 is 19.1 Å². The Morgan fingerprint density at radius 2 is 2.00 bits per heavy atom. The Morgan fingerprint density at radius 1 is 1.23 bits per heavy atom. The van der Waals surface area contributed by atoms with Crippen LogP contribution in [0.1, 0.15) is 85.9 Å². The number of hydrogen-bond donors (Lipinski definition) is 2. The van der Waals surface area contributed by atoms with Crippen molar-refractivity contribution in [2.45, 2.75) is 89.7 Å². The number of carbonyl (C=O) groups is 2. The quantitative estimate of drug-likeness (QED) is 0.355. The average Bonchev–Trinajstić information content (AvgIpc) is 3.28. The van der Waals surface area contributed by atoms with Crippen LogP contribution in [-0.2, 0) is 34.6 Å². The molecule has 1 aromatic carbocycles. The lowest BCUT2D eigenvalue weighted by molar-refractivity contribution is -0.140. The molecule has 1 amide bonds. The summed E-state index contributed by atoms with van der Waals surface area (Å²) in [4.78, 5) is 44.4. The molecular weight excluding hydrogens is 529 g/mol. The summed E-state index contributed by atoms with van der Waals surface area (Å²) in [5, 5.41) is 15.9. The molecule has 3 aliphatic rings. The number of benzene rings is 1. The van der Waals surface area contributed by atoms with E-state index in [1.54, 1.807) is 36.2 Å². The van der Waals surface area contributed by atoms with Crippen LogP contribution in [0.4, 0.5) is 4.39 Å². The number of aryl methyl sites for hydroxylation is 1. The lowest BCUT2D eigenvalue weighted by Crippen LogP contribution is -2.43. The zero-order valence-electron chi connectivity index (χ0n) is 23.3. The van der Waals surface area contributed by atoms with E-state index in [-0.39, 0.29) is 54.9 Å². The normalized spacial score (nSPS) is 21.0. The minimum Gasteiger partial charge on any atom is -0.377 e. The summed E-state index contributed by atoms with van der Waals surface area (Å²) in [6.45, 7) is 8.00. The first-order chi connectivity index (χ1) is 19.0. The van der Waals surface area contributed by atoms with E-state index in [1.165, 1.54) is 6.07 Å². The first kappa shape index (κ1) is 27.1. The third-order valence-electron chi connectivity index (χ3n) is 8.87. The van der Waals surface area contributed by atoms with Crippen LogP contribution in [0, 0.1) is 12.7 Å². The van der Waals surface area contributed by atoms with Crippen LogP contribution in [0.2, 0.25) is 0 Å². The maximum Gasteiger partial charge on any atom is 0.254 e. The number of nitrogens with zero attached hydrogens (tertiary/aromatic N) is 2. The molecule has 3 aromatic rings. The molecular formula is C31H34FN3O4S. The smallest absolute Gasteiger partial charge is 0.254 e. The first-order valence-corrected chi connectivity index (χ1v) is 15.2. The molecule has 0 radical (unpaired) electrons. The third kappa shape index (κ3) is 4.04. The van der Waals surface area contributed by atoms with E-state index >= 15 is 4.39 Å². The van der Waals surface area contributed by atoms with Gasteiger partial charge in [-0.1, -0.05) is 20.8 Å². The van der Waals surface area contributed by atoms with Crippen LogP contribution in [0.15, 0.2) is 16.9 Å². The zero-order valence-corrected chi connectivity index (χ0v) is 24.1. The molecule has 0 spiro atoms. The molecule has 0 saturated carbocycles. The summed E-state index contributed by atoms with van der Waals surface area (Å²) in [6, 6.07) is 2.88. The minimum atomic E-state index is -1.71. The van der Waals surface area contributed by atoms with Gasteiger partial charge in [0.05, 0.1) is 29.5 Å². The van der Waals surface area contributed by atoms with E-state index in [1.807, 2.05) is 0 Å². The maximum absolute atomic E-state index is 15.1. The monoisotopic (exact) mass is 563 g/mol. The van der Waals surface area contributed by atoms with Crippen molar-refractivity contribution in [2.24, 2.45) is 0 Å². The second kappa shape index (κ2) is 9.80. The number of hydrogen-bond acceptors (Lipinski definition) is 6. The van der Waals surface area contributed by atoms with Gasteiger partial charge in [-0.2, -0.15) is 11.8 Å². The largest absolute Gasteiger partial charge is 0.377 e. The molecule has 2 N–H and O–H groups in total. The van der Waals surface area contributed by atoms with Crippen LogP contribution in [0.25, 0.3) is 22.3 Å². The molecule has 7 nitrogen and oxygen atoms in total. The number of pyridine rings is 2. The fraction of sp³-hybridized carbons (Fsp3) is 0.484. The second-order valence-electron chi connectivity index (χ2n) is 11.5. The highest BCUT2D eigenvalue weighted by atomic mass is 32.2. The van der Waals surface area contributed by atoms with Gasteiger partial charge in [0.2, 0.25) is 5.91 Å². The van der Waals surface area contributed by atoms with E-state index in [2.05, 4.69) is 19.2 Å². The number of rotatable bonds is 6. The van der Waals surface area contributed by atoms with Gasteiger partial charge in [-0.3, -0.25) is 14.4 Å². The van der Waals surface area contributed by atoms with Crippen LogP contribution < -0.4 is 10.9 Å². The fourth-order valence-electron chi connectivity index (χ4n) is 6.74. The van der Waals surface area contributed by atoms with Crippen molar-refractivity contribution in [2.75, 3.05) is 5.75 Å². The van der Waals surface area contributed by atoms with Gasteiger partial charge in [0, 0.05) is 46.7 Å². The van der Waals surface area contributed by atoms with E-state index in [0.29, 0.717) is 58.1 Å². The summed E-state index contributed by atoms with van der Waals surface area (Å²) in [7, 11) is 0. The SMILES string of the molecule is CC[C@@]1(O)C(=O)CCc2c1cc1n(c2=O)Cc2c-1nc1cc(F)c(C)c3c1c2[C@@H](NC(=O)CCSC(C)C)CC3. The number of halogens is 1. The Balaban J connectivity index is 1.53. The van der Waals surface area contributed by atoms with E-state index < -0.39 is 5.60 Å². The number of ketones is 1. The molecule has 1 aliphatic heterocycles. The average molecular weight is 564 g/mol. The second-order valence-corrected chi connectivity index (χ2v) is 13.2. The Kier molecular flexibility index (Phi) is 6.65. The highest BCUT2D eigenvalue weighted by Gasteiger charge is 2.44. The lowest BCUT2D eigenvalue weighted by Gasteiger charge is -2.32. The molecule has 2 aliphatic carbocycles. The molecule has 3 heterocycles. The molecule has 2 aromatic heterocycles. The maximum atomic E-state index is 15.1. The third-order valence-corrected chi connectivity index (χ3v) is 9.98. The van der Waals surface area contributed by atoms with Gasteiger partial charge in [-0.25, -0.2) is 9.37 Å². The number of nitrogens with one attached hydrogen (secondary N) is 1. The fourth-order valence-corrected chi connectivity index (χ4v) is 7.51. The summed E-state index contributed by atoms with van der Waals surface area (Å²) in [5.74, 6) is 0.0776. The zero-order chi connectivity index (χ0) is 28.5. The van der Waals surface area contributed by atoms with Gasteiger partial charge < -0.3 is 15.0 Å². The van der Waals surface area contributed by atoms with Crippen molar-refractivity contribution in [1.82, 2.24) is 14.9 Å².